The maximum atomic E-state index is 12.0. The van der Waals surface area contributed by atoms with E-state index in [0.29, 0.717) is 31.1 Å². The minimum Gasteiger partial charge on any atom is -0.482 e. The van der Waals surface area contributed by atoms with Crippen molar-refractivity contribution in [3.63, 3.8) is 0 Å². The van der Waals surface area contributed by atoms with E-state index in [2.05, 4.69) is 10.8 Å². The summed E-state index contributed by atoms with van der Waals surface area (Å²) in [5, 5.41) is 0. The summed E-state index contributed by atoms with van der Waals surface area (Å²) in [6.45, 7) is 3.65. The number of carbonyl (C=O) groups is 1. The van der Waals surface area contributed by atoms with Crippen LogP contribution in [0.3, 0.4) is 0 Å². The lowest BCUT2D eigenvalue weighted by Crippen LogP contribution is -2.49. The van der Waals surface area contributed by atoms with Crippen LogP contribution in [0.1, 0.15) is 0 Å². The van der Waals surface area contributed by atoms with E-state index in [-0.39, 0.29) is 12.5 Å². The average Bonchev–Trinajstić information content (AvgIpc) is 2.47. The van der Waals surface area contributed by atoms with Crippen molar-refractivity contribution < 1.29 is 9.53 Å². The van der Waals surface area contributed by atoms with Crippen molar-refractivity contribution in [3.8, 4) is 18.1 Å². The molecular formula is C15H19N3O2. The van der Waals surface area contributed by atoms with Gasteiger partial charge in [-0.15, -0.1) is 6.42 Å². The quantitative estimate of drug-likeness (QED) is 0.638. The molecular weight excluding hydrogens is 254 g/mol. The molecule has 0 unspecified atom stereocenters. The molecule has 2 N–H and O–H groups in total. The highest BCUT2D eigenvalue weighted by molar-refractivity contribution is 5.78. The fourth-order valence-electron chi connectivity index (χ4n) is 2.13. The number of amides is 1. The standard InChI is InChI=1S/C15H19N3O2/c1-2-7-17-8-10-18(11-9-17)15(19)12-20-14-6-4-3-5-13(14)16/h1,3-6H,7-12,16H2. The number of anilines is 1. The number of ether oxygens (including phenoxy) is 1. The zero-order valence-electron chi connectivity index (χ0n) is 11.4. The molecule has 0 bridgehead atoms. The van der Waals surface area contributed by atoms with Crippen LogP contribution in [0.5, 0.6) is 5.75 Å². The van der Waals surface area contributed by atoms with Crippen molar-refractivity contribution in [2.24, 2.45) is 0 Å². The Labute approximate surface area is 119 Å². The lowest BCUT2D eigenvalue weighted by atomic mass is 10.3. The highest BCUT2D eigenvalue weighted by atomic mass is 16.5. The van der Waals surface area contributed by atoms with Crippen LogP contribution in [0, 0.1) is 12.3 Å². The van der Waals surface area contributed by atoms with E-state index in [0.717, 1.165) is 13.1 Å². The van der Waals surface area contributed by atoms with Gasteiger partial charge in [-0.2, -0.15) is 0 Å². The van der Waals surface area contributed by atoms with Gasteiger partial charge in [-0.1, -0.05) is 18.1 Å². The molecule has 20 heavy (non-hydrogen) atoms. The Kier molecular flexibility index (Phi) is 4.85. The molecule has 1 amide bonds. The molecule has 2 rings (SSSR count). The van der Waals surface area contributed by atoms with Gasteiger partial charge in [-0.25, -0.2) is 0 Å². The molecule has 1 aromatic rings. The van der Waals surface area contributed by atoms with Crippen LogP contribution >= 0.6 is 0 Å². The van der Waals surface area contributed by atoms with Crippen LogP contribution < -0.4 is 10.5 Å². The van der Waals surface area contributed by atoms with E-state index in [9.17, 15) is 4.79 Å². The van der Waals surface area contributed by atoms with Crippen LogP contribution in [-0.2, 0) is 4.79 Å². The van der Waals surface area contributed by atoms with Crippen LogP contribution in [0.15, 0.2) is 24.3 Å². The average molecular weight is 273 g/mol. The lowest BCUT2D eigenvalue weighted by molar-refractivity contribution is -0.135. The van der Waals surface area contributed by atoms with Crippen molar-refractivity contribution >= 4 is 11.6 Å². The summed E-state index contributed by atoms with van der Waals surface area (Å²) in [5.74, 6) is 3.15. The molecule has 1 aliphatic heterocycles. The van der Waals surface area contributed by atoms with Gasteiger partial charge < -0.3 is 15.4 Å². The maximum Gasteiger partial charge on any atom is 0.260 e. The fraction of sp³-hybridized carbons (Fsp3) is 0.400. The summed E-state index contributed by atoms with van der Waals surface area (Å²) >= 11 is 0. The smallest absolute Gasteiger partial charge is 0.260 e. The lowest BCUT2D eigenvalue weighted by Gasteiger charge is -2.33. The number of carbonyl (C=O) groups excluding carboxylic acids is 1. The number of rotatable bonds is 4. The molecule has 0 aliphatic carbocycles. The second-order valence-electron chi connectivity index (χ2n) is 4.69. The normalized spacial score (nSPS) is 15.7. The van der Waals surface area contributed by atoms with E-state index in [1.807, 2.05) is 12.1 Å². The second kappa shape index (κ2) is 6.83. The Hall–Kier alpha value is -2.19. The predicted octanol–water partition coefficient (Wildman–Crippen LogP) is 0.425. The first-order chi connectivity index (χ1) is 9.70. The SMILES string of the molecule is C#CCN1CCN(C(=O)COc2ccccc2N)CC1. The number of piperazine rings is 1. The molecule has 5 heteroatoms. The first kappa shape index (κ1) is 14.2. The number of para-hydroxylation sites is 2. The molecule has 0 saturated carbocycles. The summed E-state index contributed by atoms with van der Waals surface area (Å²) in [7, 11) is 0. The number of hydrogen-bond donors (Lipinski definition) is 1. The number of hydrogen-bond acceptors (Lipinski definition) is 4. The van der Waals surface area contributed by atoms with Gasteiger partial charge in [-0.05, 0) is 12.1 Å². The van der Waals surface area contributed by atoms with E-state index in [1.165, 1.54) is 0 Å². The largest absolute Gasteiger partial charge is 0.482 e. The topological polar surface area (TPSA) is 58.8 Å². The number of nitrogens with zero attached hydrogens (tertiary/aromatic N) is 2. The third-order valence-electron chi connectivity index (χ3n) is 3.31. The molecule has 106 valence electrons. The van der Waals surface area contributed by atoms with Crippen molar-refractivity contribution in [1.29, 1.82) is 0 Å². The Morgan fingerprint density at radius 1 is 1.30 bits per heavy atom. The third kappa shape index (κ3) is 3.65. The van der Waals surface area contributed by atoms with Crippen molar-refractivity contribution in [3.05, 3.63) is 24.3 Å². The first-order valence-corrected chi connectivity index (χ1v) is 6.61. The third-order valence-corrected chi connectivity index (χ3v) is 3.31. The minimum atomic E-state index is -0.0198. The molecule has 5 nitrogen and oxygen atoms in total. The van der Waals surface area contributed by atoms with Gasteiger partial charge in [0.1, 0.15) is 5.75 Å². The minimum absolute atomic E-state index is 0.0172. The van der Waals surface area contributed by atoms with E-state index in [1.54, 1.807) is 17.0 Å². The first-order valence-electron chi connectivity index (χ1n) is 6.61. The van der Waals surface area contributed by atoms with Crippen molar-refractivity contribution in [1.82, 2.24) is 9.80 Å². The summed E-state index contributed by atoms with van der Waals surface area (Å²) in [6.07, 6.45) is 5.28. The Morgan fingerprint density at radius 3 is 2.65 bits per heavy atom. The van der Waals surface area contributed by atoms with Gasteiger partial charge in [0, 0.05) is 26.2 Å². The molecule has 1 fully saturated rings. The molecule has 1 aromatic carbocycles. The zero-order chi connectivity index (χ0) is 14.4. The Balaban J connectivity index is 1.79. The van der Waals surface area contributed by atoms with Gasteiger partial charge in [0.05, 0.1) is 12.2 Å². The summed E-state index contributed by atoms with van der Waals surface area (Å²) < 4.78 is 5.46. The molecule has 0 aromatic heterocycles. The van der Waals surface area contributed by atoms with Gasteiger partial charge >= 0.3 is 0 Å². The monoisotopic (exact) mass is 273 g/mol. The Bertz CT molecular complexity index is 502. The molecule has 1 aliphatic rings. The van der Waals surface area contributed by atoms with E-state index >= 15 is 0 Å². The van der Waals surface area contributed by atoms with Crippen LogP contribution in [0.2, 0.25) is 0 Å². The van der Waals surface area contributed by atoms with Crippen molar-refractivity contribution in [2.75, 3.05) is 45.1 Å². The highest BCUT2D eigenvalue weighted by Crippen LogP contribution is 2.19. The fourth-order valence-corrected chi connectivity index (χ4v) is 2.13. The second-order valence-corrected chi connectivity index (χ2v) is 4.69. The molecule has 0 spiro atoms. The van der Waals surface area contributed by atoms with Gasteiger partial charge in [0.15, 0.2) is 6.61 Å². The molecule has 0 radical (unpaired) electrons. The number of nitrogens with two attached hydrogens (primary N) is 1. The zero-order valence-corrected chi connectivity index (χ0v) is 11.4. The Morgan fingerprint density at radius 2 is 2.00 bits per heavy atom. The summed E-state index contributed by atoms with van der Waals surface area (Å²) in [4.78, 5) is 16.0. The van der Waals surface area contributed by atoms with Crippen LogP contribution in [0.4, 0.5) is 5.69 Å². The van der Waals surface area contributed by atoms with Gasteiger partial charge in [0.25, 0.3) is 5.91 Å². The number of benzene rings is 1. The summed E-state index contributed by atoms with van der Waals surface area (Å²) in [6, 6.07) is 7.16. The van der Waals surface area contributed by atoms with Crippen LogP contribution in [0.25, 0.3) is 0 Å². The predicted molar refractivity (Wildman–Crippen MR) is 78.2 cm³/mol. The molecule has 0 atom stereocenters. The number of terminal acetylenes is 1. The van der Waals surface area contributed by atoms with E-state index < -0.39 is 0 Å². The van der Waals surface area contributed by atoms with Gasteiger partial charge in [-0.3, -0.25) is 9.69 Å². The maximum absolute atomic E-state index is 12.0. The van der Waals surface area contributed by atoms with Gasteiger partial charge in [0.2, 0.25) is 0 Å². The summed E-state index contributed by atoms with van der Waals surface area (Å²) in [5.41, 5.74) is 6.30. The van der Waals surface area contributed by atoms with E-state index in [4.69, 9.17) is 16.9 Å². The highest BCUT2D eigenvalue weighted by Gasteiger charge is 2.20. The van der Waals surface area contributed by atoms with Crippen molar-refractivity contribution in [2.45, 2.75) is 0 Å². The molecule has 1 heterocycles. The number of nitrogen functional groups attached to an aromatic ring is 1. The van der Waals surface area contributed by atoms with Crippen LogP contribution in [-0.4, -0.2) is 55.0 Å². The molecule has 1 saturated heterocycles.